The quantitative estimate of drug-likeness (QED) is 0.733. The number of nitrogens with one attached hydrogen (secondary N) is 1. The minimum Gasteiger partial charge on any atom is -0.480 e. The zero-order valence-corrected chi connectivity index (χ0v) is 10.1. The molecule has 1 rings (SSSR count). The Balaban J connectivity index is 2.54. The summed E-state index contributed by atoms with van der Waals surface area (Å²) in [6.07, 6.45) is 2.08. The molecule has 1 unspecified atom stereocenters. The van der Waals surface area contributed by atoms with Crippen LogP contribution >= 0.6 is 0 Å². The number of amides is 1. The van der Waals surface area contributed by atoms with Crippen LogP contribution in [0.1, 0.15) is 33.6 Å². The van der Waals surface area contributed by atoms with E-state index in [-0.39, 0.29) is 5.91 Å². The summed E-state index contributed by atoms with van der Waals surface area (Å²) in [5, 5.41) is 11.8. The van der Waals surface area contributed by atoms with Crippen molar-refractivity contribution in [3.8, 4) is 0 Å². The maximum absolute atomic E-state index is 11.9. The number of hydrogen-bond donors (Lipinski definition) is 2. The van der Waals surface area contributed by atoms with Crippen molar-refractivity contribution in [3.05, 3.63) is 0 Å². The van der Waals surface area contributed by atoms with Gasteiger partial charge in [0.2, 0.25) is 5.91 Å². The van der Waals surface area contributed by atoms with Crippen LogP contribution in [0.2, 0.25) is 0 Å². The highest BCUT2D eigenvalue weighted by atomic mass is 16.4. The monoisotopic (exact) mass is 228 g/mol. The molecule has 1 saturated heterocycles. The van der Waals surface area contributed by atoms with Crippen molar-refractivity contribution in [3.63, 3.8) is 0 Å². The van der Waals surface area contributed by atoms with Crippen LogP contribution in [0.3, 0.4) is 0 Å². The highest BCUT2D eigenvalue weighted by Gasteiger charge is 2.32. The van der Waals surface area contributed by atoms with E-state index in [0.29, 0.717) is 0 Å². The molecule has 0 aromatic heterocycles. The molecule has 0 aliphatic carbocycles. The Morgan fingerprint density at radius 3 is 2.25 bits per heavy atom. The lowest BCUT2D eigenvalue weighted by atomic mass is 10.0. The van der Waals surface area contributed by atoms with E-state index in [0.717, 1.165) is 25.9 Å². The van der Waals surface area contributed by atoms with Crippen LogP contribution in [0.5, 0.6) is 0 Å². The number of aliphatic carboxylic acids is 1. The van der Waals surface area contributed by atoms with Gasteiger partial charge in [0.25, 0.3) is 0 Å². The number of likely N-dealkylation sites (tertiary alicyclic amines) is 1. The van der Waals surface area contributed by atoms with Gasteiger partial charge in [-0.1, -0.05) is 0 Å². The molecule has 1 amide bonds. The van der Waals surface area contributed by atoms with Gasteiger partial charge < -0.3 is 10.0 Å². The number of carboxylic acid groups (broad SMARTS) is 1. The van der Waals surface area contributed by atoms with Crippen LogP contribution in [0, 0.1) is 0 Å². The Kier molecular flexibility index (Phi) is 3.91. The second-order valence-electron chi connectivity index (χ2n) is 4.83. The maximum atomic E-state index is 11.9. The fourth-order valence-corrected chi connectivity index (χ4v) is 1.88. The number of carboxylic acids is 1. The van der Waals surface area contributed by atoms with E-state index in [1.807, 2.05) is 0 Å². The molecule has 1 heterocycles. The second-order valence-corrected chi connectivity index (χ2v) is 4.83. The van der Waals surface area contributed by atoms with Crippen LogP contribution in [0.15, 0.2) is 0 Å². The first-order chi connectivity index (χ1) is 7.34. The lowest BCUT2D eigenvalue weighted by molar-refractivity contribution is -0.144. The van der Waals surface area contributed by atoms with E-state index in [1.165, 1.54) is 0 Å². The molecule has 2 N–H and O–H groups in total. The van der Waals surface area contributed by atoms with Crippen LogP contribution in [-0.2, 0) is 9.59 Å². The van der Waals surface area contributed by atoms with Crippen LogP contribution < -0.4 is 5.32 Å². The summed E-state index contributed by atoms with van der Waals surface area (Å²) in [5.41, 5.74) is -1.07. The Hall–Kier alpha value is -1.10. The molecule has 0 aromatic carbocycles. The average Bonchev–Trinajstić information content (AvgIpc) is 2.68. The third-order valence-electron chi connectivity index (χ3n) is 2.90. The Morgan fingerprint density at radius 1 is 1.31 bits per heavy atom. The maximum Gasteiger partial charge on any atom is 0.323 e. The van der Waals surface area contributed by atoms with Crippen molar-refractivity contribution in [1.29, 1.82) is 0 Å². The molecule has 1 fully saturated rings. The number of nitrogens with zero attached hydrogens (tertiary/aromatic N) is 1. The molecule has 5 nitrogen and oxygen atoms in total. The van der Waals surface area contributed by atoms with E-state index < -0.39 is 17.6 Å². The van der Waals surface area contributed by atoms with Gasteiger partial charge >= 0.3 is 5.97 Å². The second kappa shape index (κ2) is 4.82. The predicted molar refractivity (Wildman–Crippen MR) is 60.1 cm³/mol. The topological polar surface area (TPSA) is 69.6 Å². The predicted octanol–water partition coefficient (Wildman–Crippen LogP) is 0.450. The lowest BCUT2D eigenvalue weighted by Crippen LogP contribution is -2.55. The smallest absolute Gasteiger partial charge is 0.323 e. The van der Waals surface area contributed by atoms with Gasteiger partial charge in [0, 0.05) is 13.1 Å². The van der Waals surface area contributed by atoms with Gasteiger partial charge in [-0.15, -0.1) is 0 Å². The van der Waals surface area contributed by atoms with Gasteiger partial charge in [0.05, 0.1) is 6.04 Å². The molecule has 1 atom stereocenters. The molecule has 16 heavy (non-hydrogen) atoms. The van der Waals surface area contributed by atoms with E-state index in [1.54, 1.807) is 25.7 Å². The molecular weight excluding hydrogens is 208 g/mol. The molecular formula is C11H20N2O3. The normalized spacial score (nSPS) is 18.6. The van der Waals surface area contributed by atoms with E-state index in [2.05, 4.69) is 5.32 Å². The van der Waals surface area contributed by atoms with E-state index in [9.17, 15) is 9.59 Å². The molecule has 0 aromatic rings. The van der Waals surface area contributed by atoms with Gasteiger partial charge in [-0.3, -0.25) is 14.9 Å². The number of carbonyl (C=O) groups is 2. The van der Waals surface area contributed by atoms with Crippen molar-refractivity contribution >= 4 is 11.9 Å². The SMILES string of the molecule is CC(NC(C)(C)C(=O)O)C(=O)N1CCCC1. The Bertz CT molecular complexity index is 283. The summed E-state index contributed by atoms with van der Waals surface area (Å²) in [5.74, 6) is -0.958. The summed E-state index contributed by atoms with van der Waals surface area (Å²) in [6.45, 7) is 6.41. The lowest BCUT2D eigenvalue weighted by Gasteiger charge is -2.28. The first kappa shape index (κ1) is 13.0. The fraction of sp³-hybridized carbons (Fsp3) is 0.818. The average molecular weight is 228 g/mol. The molecule has 1 aliphatic rings. The molecule has 5 heteroatoms. The number of hydrogen-bond acceptors (Lipinski definition) is 3. The third kappa shape index (κ3) is 2.95. The number of rotatable bonds is 4. The van der Waals surface area contributed by atoms with E-state index in [4.69, 9.17) is 5.11 Å². The number of carbonyl (C=O) groups excluding carboxylic acids is 1. The zero-order valence-electron chi connectivity index (χ0n) is 10.1. The van der Waals surface area contributed by atoms with Gasteiger partial charge in [0.15, 0.2) is 0 Å². The minimum absolute atomic E-state index is 0.00757. The molecule has 0 bridgehead atoms. The first-order valence-electron chi connectivity index (χ1n) is 5.64. The van der Waals surface area contributed by atoms with E-state index >= 15 is 0 Å². The van der Waals surface area contributed by atoms with Gasteiger partial charge in [-0.25, -0.2) is 0 Å². The summed E-state index contributed by atoms with van der Waals surface area (Å²) in [4.78, 5) is 24.6. The van der Waals surface area contributed by atoms with Crippen molar-refractivity contribution in [2.75, 3.05) is 13.1 Å². The van der Waals surface area contributed by atoms with Crippen molar-refractivity contribution in [2.24, 2.45) is 0 Å². The van der Waals surface area contributed by atoms with Crippen LogP contribution in [0.25, 0.3) is 0 Å². The first-order valence-corrected chi connectivity index (χ1v) is 5.64. The van der Waals surface area contributed by atoms with Gasteiger partial charge in [-0.05, 0) is 33.6 Å². The summed E-state index contributed by atoms with van der Waals surface area (Å²) >= 11 is 0. The highest BCUT2D eigenvalue weighted by Crippen LogP contribution is 2.11. The minimum atomic E-state index is -1.07. The van der Waals surface area contributed by atoms with Crippen LogP contribution in [0.4, 0.5) is 0 Å². The Labute approximate surface area is 95.8 Å². The molecule has 0 radical (unpaired) electrons. The standard InChI is InChI=1S/C11H20N2O3/c1-8(12-11(2,3)10(15)16)9(14)13-6-4-5-7-13/h8,12H,4-7H2,1-3H3,(H,15,16). The molecule has 1 aliphatic heterocycles. The molecule has 0 spiro atoms. The zero-order chi connectivity index (χ0) is 12.3. The van der Waals surface area contributed by atoms with Crippen molar-refractivity contribution in [2.45, 2.75) is 45.2 Å². The Morgan fingerprint density at radius 2 is 1.81 bits per heavy atom. The van der Waals surface area contributed by atoms with Crippen molar-refractivity contribution < 1.29 is 14.7 Å². The van der Waals surface area contributed by atoms with Gasteiger partial charge in [-0.2, -0.15) is 0 Å². The summed E-state index contributed by atoms with van der Waals surface area (Å²) in [7, 11) is 0. The fourth-order valence-electron chi connectivity index (χ4n) is 1.88. The summed E-state index contributed by atoms with van der Waals surface area (Å²) < 4.78 is 0. The summed E-state index contributed by atoms with van der Waals surface area (Å²) in [6, 6.07) is -0.454. The molecule has 92 valence electrons. The van der Waals surface area contributed by atoms with Gasteiger partial charge in [0.1, 0.15) is 5.54 Å². The van der Waals surface area contributed by atoms with Crippen molar-refractivity contribution in [1.82, 2.24) is 10.2 Å². The third-order valence-corrected chi connectivity index (χ3v) is 2.90. The molecule has 0 saturated carbocycles. The highest BCUT2D eigenvalue weighted by molar-refractivity contribution is 5.84. The largest absolute Gasteiger partial charge is 0.480 e. The van der Waals surface area contributed by atoms with Crippen LogP contribution in [-0.4, -0.2) is 46.6 Å².